The number of para-hydroxylation sites is 1. The highest BCUT2D eigenvalue weighted by Gasteiger charge is 2.11. The predicted molar refractivity (Wildman–Crippen MR) is 88.0 cm³/mol. The maximum atomic E-state index is 12.6. The quantitative estimate of drug-likeness (QED) is 0.889. The molecular weight excluding hydrogens is 278 g/mol. The van der Waals surface area contributed by atoms with E-state index in [2.05, 4.69) is 10.3 Å². The summed E-state index contributed by atoms with van der Waals surface area (Å²) in [5.74, 6) is 0.774. The van der Waals surface area contributed by atoms with Gasteiger partial charge in [-0.15, -0.1) is 0 Å². The highest BCUT2D eigenvalue weighted by molar-refractivity contribution is 5.80. The minimum Gasteiger partial charge on any atom is -0.356 e. The van der Waals surface area contributed by atoms with E-state index in [9.17, 15) is 9.59 Å². The lowest BCUT2D eigenvalue weighted by atomic mass is 10.1. The molecule has 5 heteroatoms. The second-order valence-electron chi connectivity index (χ2n) is 5.40. The van der Waals surface area contributed by atoms with Crippen LogP contribution in [0.2, 0.25) is 0 Å². The second kappa shape index (κ2) is 7.20. The maximum absolute atomic E-state index is 12.6. The smallest absolute Gasteiger partial charge is 0.261 e. The molecule has 1 heterocycles. The molecule has 0 fully saturated rings. The molecule has 0 unspecified atom stereocenters. The van der Waals surface area contributed by atoms with Gasteiger partial charge in [0.15, 0.2) is 0 Å². The maximum Gasteiger partial charge on any atom is 0.261 e. The van der Waals surface area contributed by atoms with Crippen LogP contribution in [0.4, 0.5) is 0 Å². The Kier molecular flexibility index (Phi) is 5.31. The number of carbonyl (C=O) groups is 1. The van der Waals surface area contributed by atoms with Crippen molar-refractivity contribution in [1.82, 2.24) is 14.9 Å². The van der Waals surface area contributed by atoms with Crippen LogP contribution in [0.3, 0.4) is 0 Å². The summed E-state index contributed by atoms with van der Waals surface area (Å²) in [7, 11) is 0. The number of fused-ring (bicyclic) bond motifs is 1. The summed E-state index contributed by atoms with van der Waals surface area (Å²) in [6.07, 6.45) is 1.92. The summed E-state index contributed by atoms with van der Waals surface area (Å²) in [5.41, 5.74) is 1.74. The van der Waals surface area contributed by atoms with Crippen LogP contribution in [0.15, 0.2) is 23.0 Å². The summed E-state index contributed by atoms with van der Waals surface area (Å²) in [5, 5.41) is 3.52. The largest absolute Gasteiger partial charge is 0.356 e. The standard InChI is InChI=1S/C17H23N3O2/c1-4-7-15(21)18-11-10-14-19-16-12(3)8-6-9-13(16)17(22)20(14)5-2/h6,8-9H,4-5,7,10-11H2,1-3H3,(H,18,21). The number of carbonyl (C=O) groups excluding carboxylic acids is 1. The molecule has 1 amide bonds. The summed E-state index contributed by atoms with van der Waals surface area (Å²) >= 11 is 0. The van der Waals surface area contributed by atoms with Crippen molar-refractivity contribution in [3.8, 4) is 0 Å². The highest BCUT2D eigenvalue weighted by Crippen LogP contribution is 2.13. The Morgan fingerprint density at radius 2 is 2.09 bits per heavy atom. The average Bonchev–Trinajstić information content (AvgIpc) is 2.49. The summed E-state index contributed by atoms with van der Waals surface area (Å²) < 4.78 is 1.69. The van der Waals surface area contributed by atoms with Crippen LogP contribution in [-0.2, 0) is 17.8 Å². The molecule has 2 rings (SSSR count). The molecule has 0 saturated carbocycles. The van der Waals surface area contributed by atoms with Crippen molar-refractivity contribution >= 4 is 16.8 Å². The van der Waals surface area contributed by atoms with Gasteiger partial charge in [0.2, 0.25) is 5.91 Å². The second-order valence-corrected chi connectivity index (χ2v) is 5.40. The zero-order chi connectivity index (χ0) is 16.1. The molecule has 1 N–H and O–H groups in total. The SMILES string of the molecule is CCCC(=O)NCCc1nc2c(C)cccc2c(=O)n1CC. The molecule has 0 radical (unpaired) electrons. The Hall–Kier alpha value is -2.17. The minimum atomic E-state index is -0.00825. The number of hydrogen-bond donors (Lipinski definition) is 1. The molecule has 1 aromatic carbocycles. The molecule has 0 saturated heterocycles. The molecule has 5 nitrogen and oxygen atoms in total. The summed E-state index contributed by atoms with van der Waals surface area (Å²) in [6, 6.07) is 5.65. The van der Waals surface area contributed by atoms with Crippen molar-refractivity contribution in [3.63, 3.8) is 0 Å². The van der Waals surface area contributed by atoms with Gasteiger partial charge in [0, 0.05) is 25.9 Å². The Morgan fingerprint density at radius 1 is 1.32 bits per heavy atom. The molecule has 0 aliphatic rings. The van der Waals surface area contributed by atoms with Gasteiger partial charge in [-0.05, 0) is 31.9 Å². The van der Waals surface area contributed by atoms with Crippen molar-refractivity contribution in [2.24, 2.45) is 0 Å². The molecular formula is C17H23N3O2. The van der Waals surface area contributed by atoms with Gasteiger partial charge in [-0.3, -0.25) is 14.2 Å². The van der Waals surface area contributed by atoms with E-state index in [0.717, 1.165) is 23.3 Å². The van der Waals surface area contributed by atoms with Crippen LogP contribution in [0.5, 0.6) is 0 Å². The lowest BCUT2D eigenvalue weighted by Gasteiger charge is -2.13. The zero-order valence-electron chi connectivity index (χ0n) is 13.5. The minimum absolute atomic E-state index is 0.00825. The van der Waals surface area contributed by atoms with E-state index in [0.29, 0.717) is 31.3 Å². The van der Waals surface area contributed by atoms with Crippen molar-refractivity contribution in [3.05, 3.63) is 39.9 Å². The first-order chi connectivity index (χ1) is 10.6. The normalized spacial score (nSPS) is 10.9. The van der Waals surface area contributed by atoms with Gasteiger partial charge in [-0.2, -0.15) is 0 Å². The first-order valence-corrected chi connectivity index (χ1v) is 7.84. The van der Waals surface area contributed by atoms with E-state index in [1.54, 1.807) is 4.57 Å². The third kappa shape index (κ3) is 3.35. The van der Waals surface area contributed by atoms with E-state index in [1.807, 2.05) is 39.0 Å². The number of nitrogens with one attached hydrogen (secondary N) is 1. The van der Waals surface area contributed by atoms with Crippen LogP contribution in [-0.4, -0.2) is 22.0 Å². The zero-order valence-corrected chi connectivity index (χ0v) is 13.5. The van der Waals surface area contributed by atoms with Crippen LogP contribution < -0.4 is 10.9 Å². The lowest BCUT2D eigenvalue weighted by Crippen LogP contribution is -2.30. The van der Waals surface area contributed by atoms with Crippen molar-refractivity contribution < 1.29 is 4.79 Å². The predicted octanol–water partition coefficient (Wildman–Crippen LogP) is 2.18. The molecule has 0 aliphatic heterocycles. The van der Waals surface area contributed by atoms with E-state index >= 15 is 0 Å². The van der Waals surface area contributed by atoms with Crippen molar-refractivity contribution in [2.75, 3.05) is 6.54 Å². The van der Waals surface area contributed by atoms with E-state index in [-0.39, 0.29) is 11.5 Å². The first kappa shape index (κ1) is 16.2. The number of hydrogen-bond acceptors (Lipinski definition) is 3. The number of aromatic nitrogens is 2. The Balaban J connectivity index is 2.30. The number of amides is 1. The highest BCUT2D eigenvalue weighted by atomic mass is 16.1. The van der Waals surface area contributed by atoms with Crippen LogP contribution in [0, 0.1) is 6.92 Å². The van der Waals surface area contributed by atoms with Gasteiger partial charge in [-0.1, -0.05) is 19.1 Å². The Bertz CT molecular complexity index is 734. The number of benzene rings is 1. The van der Waals surface area contributed by atoms with Gasteiger partial charge in [0.05, 0.1) is 10.9 Å². The third-order valence-electron chi connectivity index (χ3n) is 3.73. The molecule has 0 aliphatic carbocycles. The Morgan fingerprint density at radius 3 is 2.77 bits per heavy atom. The number of nitrogens with zero attached hydrogens (tertiary/aromatic N) is 2. The Labute approximate surface area is 130 Å². The lowest BCUT2D eigenvalue weighted by molar-refractivity contribution is -0.121. The van der Waals surface area contributed by atoms with E-state index in [1.165, 1.54) is 0 Å². The average molecular weight is 301 g/mol. The van der Waals surface area contributed by atoms with Gasteiger partial charge in [0.25, 0.3) is 5.56 Å². The molecule has 0 bridgehead atoms. The summed E-state index contributed by atoms with van der Waals surface area (Å²) in [4.78, 5) is 28.7. The monoisotopic (exact) mass is 301 g/mol. The number of aryl methyl sites for hydroxylation is 1. The van der Waals surface area contributed by atoms with Crippen molar-refractivity contribution in [2.45, 2.75) is 46.6 Å². The molecule has 0 spiro atoms. The molecule has 22 heavy (non-hydrogen) atoms. The first-order valence-electron chi connectivity index (χ1n) is 7.84. The fourth-order valence-electron chi connectivity index (χ4n) is 2.58. The molecule has 2 aromatic rings. The van der Waals surface area contributed by atoms with Gasteiger partial charge < -0.3 is 5.32 Å². The topological polar surface area (TPSA) is 64.0 Å². The molecule has 0 atom stereocenters. The van der Waals surface area contributed by atoms with Gasteiger partial charge >= 0.3 is 0 Å². The van der Waals surface area contributed by atoms with Gasteiger partial charge in [0.1, 0.15) is 5.82 Å². The van der Waals surface area contributed by atoms with Gasteiger partial charge in [-0.25, -0.2) is 4.98 Å². The van der Waals surface area contributed by atoms with Crippen LogP contribution in [0.25, 0.3) is 10.9 Å². The molecule has 118 valence electrons. The molecule has 1 aromatic heterocycles. The van der Waals surface area contributed by atoms with E-state index in [4.69, 9.17) is 0 Å². The summed E-state index contributed by atoms with van der Waals surface area (Å²) in [6.45, 7) is 6.94. The fraction of sp³-hybridized carbons (Fsp3) is 0.471. The van der Waals surface area contributed by atoms with Crippen LogP contribution in [0.1, 0.15) is 38.1 Å². The van der Waals surface area contributed by atoms with E-state index < -0.39 is 0 Å². The number of rotatable bonds is 6. The third-order valence-corrected chi connectivity index (χ3v) is 3.73. The fourth-order valence-corrected chi connectivity index (χ4v) is 2.58. The van der Waals surface area contributed by atoms with Crippen molar-refractivity contribution in [1.29, 1.82) is 0 Å². The van der Waals surface area contributed by atoms with Crippen LogP contribution >= 0.6 is 0 Å².